The maximum Gasteiger partial charge on any atom is 0.166 e. The van der Waals surface area contributed by atoms with Crippen molar-refractivity contribution in [3.63, 3.8) is 0 Å². The Kier molecular flexibility index (Phi) is 7.80. The van der Waals surface area contributed by atoms with Gasteiger partial charge in [-0.05, 0) is 71.8 Å². The molecule has 0 aliphatic rings. The number of hydrogen-bond acceptors (Lipinski definition) is 4. The molecule has 0 atom stereocenters. The molecule has 0 saturated heterocycles. The molecule has 0 amide bonds. The molecule has 13 aromatic rings. The lowest BCUT2D eigenvalue weighted by Crippen LogP contribution is -2.02. The lowest BCUT2D eigenvalue weighted by molar-refractivity contribution is 0.671. The maximum absolute atomic E-state index is 7.00. The molecule has 0 spiro atoms. The number of hydrogen-bond donors (Lipinski definition) is 0. The predicted octanol–water partition coefficient (Wildman–Crippen LogP) is 14.6. The highest BCUT2D eigenvalue weighted by Crippen LogP contribution is 2.44. The van der Waals surface area contributed by atoms with Crippen LogP contribution in [0.15, 0.2) is 217 Å². The molecule has 4 aromatic heterocycles. The highest BCUT2D eigenvalue weighted by Gasteiger charge is 2.24. The van der Waals surface area contributed by atoms with E-state index in [4.69, 9.17) is 19.4 Å². The Balaban J connectivity index is 1.06. The molecule has 6 nitrogen and oxygen atoms in total. The molecule has 0 aliphatic heterocycles. The van der Waals surface area contributed by atoms with Gasteiger partial charge in [-0.1, -0.05) is 152 Å². The van der Waals surface area contributed by atoms with Crippen LogP contribution in [-0.2, 0) is 0 Å². The zero-order chi connectivity index (χ0) is 41.4. The SMILES string of the molecule is c1ccc(-c2ccc3c(c2)c2ccccc2n3-c2ccc3oc4c(ccc5c6cccc(-c7nc(-c8ccccc8)nc(-c8ccccc8)n7)c6n(-c6ccccc6)c54)c3c2)cc1. The number of nitrogens with zero attached hydrogens (tertiary/aromatic N) is 5. The zero-order valence-corrected chi connectivity index (χ0v) is 33.9. The molecule has 0 fully saturated rings. The van der Waals surface area contributed by atoms with Crippen molar-refractivity contribution in [1.82, 2.24) is 24.1 Å². The minimum absolute atomic E-state index is 0.598. The van der Waals surface area contributed by atoms with Gasteiger partial charge in [0.1, 0.15) is 5.58 Å². The fourth-order valence-corrected chi connectivity index (χ4v) is 9.51. The number of rotatable bonds is 6. The summed E-state index contributed by atoms with van der Waals surface area (Å²) in [6.45, 7) is 0. The van der Waals surface area contributed by atoms with Crippen molar-refractivity contribution >= 4 is 65.6 Å². The van der Waals surface area contributed by atoms with Crippen LogP contribution in [0.25, 0.3) is 122 Å². The van der Waals surface area contributed by atoms with E-state index in [1.807, 2.05) is 60.7 Å². The standard InChI is InChI=1S/C57H35N5O/c1-5-16-36(17-6-1)39-28-32-50-47(34-39)42-24-13-14-27-49(42)61(50)41-29-33-51-48(35-41)45-31-30-44-43-25-15-26-46(52(43)62(53(44)54(45)63-51)40-22-11-4-12-23-40)57-59-55(37-18-7-2-8-19-37)58-56(60-57)38-20-9-3-10-21-38/h1-35H. The first-order chi connectivity index (χ1) is 31.2. The molecule has 0 aliphatic carbocycles. The highest BCUT2D eigenvalue weighted by molar-refractivity contribution is 6.23. The van der Waals surface area contributed by atoms with Crippen LogP contribution in [0.5, 0.6) is 0 Å². The third kappa shape index (κ3) is 5.55. The quantitative estimate of drug-likeness (QED) is 0.168. The van der Waals surface area contributed by atoms with Crippen molar-refractivity contribution in [2.24, 2.45) is 0 Å². The summed E-state index contributed by atoms with van der Waals surface area (Å²) in [5.41, 5.74) is 13.2. The maximum atomic E-state index is 7.00. The van der Waals surface area contributed by atoms with Crippen LogP contribution in [0, 0.1) is 0 Å². The summed E-state index contributed by atoms with van der Waals surface area (Å²) in [7, 11) is 0. The second-order valence-corrected chi connectivity index (χ2v) is 16.0. The summed E-state index contributed by atoms with van der Waals surface area (Å²) in [5, 5.41) is 6.71. The van der Waals surface area contributed by atoms with E-state index in [0.717, 1.165) is 82.8 Å². The van der Waals surface area contributed by atoms with Crippen molar-refractivity contribution in [3.8, 4) is 56.7 Å². The van der Waals surface area contributed by atoms with E-state index in [1.54, 1.807) is 0 Å². The van der Waals surface area contributed by atoms with Gasteiger partial charge < -0.3 is 13.6 Å². The smallest absolute Gasteiger partial charge is 0.166 e. The van der Waals surface area contributed by atoms with Gasteiger partial charge in [-0.2, -0.15) is 0 Å². The van der Waals surface area contributed by atoms with E-state index >= 15 is 0 Å². The third-order valence-corrected chi connectivity index (χ3v) is 12.4. The normalized spacial score (nSPS) is 11.8. The summed E-state index contributed by atoms with van der Waals surface area (Å²) < 4.78 is 11.7. The first kappa shape index (κ1) is 35.2. The Hall–Kier alpha value is -8.61. The van der Waals surface area contributed by atoms with E-state index in [0.29, 0.717) is 17.5 Å². The summed E-state index contributed by atoms with van der Waals surface area (Å²) in [6.07, 6.45) is 0. The number of para-hydroxylation sites is 3. The average Bonchev–Trinajstić information content (AvgIpc) is 4.02. The Morgan fingerprint density at radius 1 is 0.317 bits per heavy atom. The molecule has 13 rings (SSSR count). The van der Waals surface area contributed by atoms with Crippen molar-refractivity contribution < 1.29 is 4.42 Å². The topological polar surface area (TPSA) is 61.7 Å². The molecular formula is C57H35N5O. The van der Waals surface area contributed by atoms with Crippen LogP contribution in [0.2, 0.25) is 0 Å². The molecule has 0 unspecified atom stereocenters. The fraction of sp³-hybridized carbons (Fsp3) is 0. The predicted molar refractivity (Wildman–Crippen MR) is 258 cm³/mol. The van der Waals surface area contributed by atoms with Crippen molar-refractivity contribution in [1.29, 1.82) is 0 Å². The van der Waals surface area contributed by atoms with Crippen molar-refractivity contribution in [2.75, 3.05) is 0 Å². The molecule has 0 N–H and O–H groups in total. The van der Waals surface area contributed by atoms with E-state index in [1.165, 1.54) is 21.9 Å². The largest absolute Gasteiger partial charge is 0.454 e. The van der Waals surface area contributed by atoms with Crippen LogP contribution >= 0.6 is 0 Å². The second kappa shape index (κ2) is 14.0. The molecule has 4 heterocycles. The number of benzene rings is 9. The number of furan rings is 1. The van der Waals surface area contributed by atoms with Gasteiger partial charge in [0.05, 0.1) is 22.1 Å². The van der Waals surface area contributed by atoms with Crippen LogP contribution in [0.4, 0.5) is 0 Å². The number of fused-ring (bicyclic) bond motifs is 10. The zero-order valence-electron chi connectivity index (χ0n) is 33.9. The Labute approximate surface area is 361 Å². The molecule has 0 bridgehead atoms. The molecule has 0 saturated carbocycles. The van der Waals surface area contributed by atoms with E-state index in [-0.39, 0.29) is 0 Å². The van der Waals surface area contributed by atoms with Gasteiger partial charge in [0, 0.05) is 60.4 Å². The molecule has 0 radical (unpaired) electrons. The Morgan fingerprint density at radius 2 is 0.905 bits per heavy atom. The monoisotopic (exact) mass is 805 g/mol. The summed E-state index contributed by atoms with van der Waals surface area (Å²) >= 11 is 0. The van der Waals surface area contributed by atoms with Crippen LogP contribution in [-0.4, -0.2) is 24.1 Å². The van der Waals surface area contributed by atoms with Crippen LogP contribution in [0.3, 0.4) is 0 Å². The van der Waals surface area contributed by atoms with Gasteiger partial charge in [0.2, 0.25) is 0 Å². The summed E-state index contributed by atoms with van der Waals surface area (Å²) in [5.74, 6) is 1.84. The second-order valence-electron chi connectivity index (χ2n) is 16.0. The van der Waals surface area contributed by atoms with Gasteiger partial charge in [0.15, 0.2) is 23.1 Å². The van der Waals surface area contributed by atoms with E-state index < -0.39 is 0 Å². The fourth-order valence-electron chi connectivity index (χ4n) is 9.51. The molecule has 294 valence electrons. The van der Waals surface area contributed by atoms with Crippen molar-refractivity contribution in [2.45, 2.75) is 0 Å². The van der Waals surface area contributed by atoms with Gasteiger partial charge in [-0.25, -0.2) is 15.0 Å². The first-order valence-electron chi connectivity index (χ1n) is 21.2. The average molecular weight is 806 g/mol. The molecule has 9 aromatic carbocycles. The third-order valence-electron chi connectivity index (χ3n) is 12.4. The van der Waals surface area contributed by atoms with Gasteiger partial charge >= 0.3 is 0 Å². The molecule has 6 heteroatoms. The van der Waals surface area contributed by atoms with Gasteiger partial charge in [0.25, 0.3) is 0 Å². The lowest BCUT2D eigenvalue weighted by Gasteiger charge is -2.12. The van der Waals surface area contributed by atoms with Crippen molar-refractivity contribution in [3.05, 3.63) is 212 Å². The van der Waals surface area contributed by atoms with E-state index in [9.17, 15) is 0 Å². The highest BCUT2D eigenvalue weighted by atomic mass is 16.3. The summed E-state index contributed by atoms with van der Waals surface area (Å²) in [6, 6.07) is 74.3. The Bertz CT molecular complexity index is 3830. The van der Waals surface area contributed by atoms with Gasteiger partial charge in [-0.15, -0.1) is 0 Å². The van der Waals surface area contributed by atoms with E-state index in [2.05, 4.69) is 161 Å². The lowest BCUT2D eigenvalue weighted by atomic mass is 10.0. The molecule has 63 heavy (non-hydrogen) atoms. The minimum atomic E-state index is 0.598. The van der Waals surface area contributed by atoms with Crippen LogP contribution in [0.1, 0.15) is 0 Å². The molecular weight excluding hydrogens is 771 g/mol. The van der Waals surface area contributed by atoms with Crippen LogP contribution < -0.4 is 0 Å². The Morgan fingerprint density at radius 3 is 1.63 bits per heavy atom. The minimum Gasteiger partial charge on any atom is -0.454 e. The summed E-state index contributed by atoms with van der Waals surface area (Å²) in [4.78, 5) is 15.4. The van der Waals surface area contributed by atoms with Gasteiger partial charge in [-0.3, -0.25) is 0 Å². The first-order valence-corrected chi connectivity index (χ1v) is 21.2. The number of aromatic nitrogens is 5.